The van der Waals surface area contributed by atoms with Crippen molar-refractivity contribution >= 4 is 28.6 Å². The van der Waals surface area contributed by atoms with E-state index in [1.54, 1.807) is 10.9 Å². The molecular weight excluding hydrogens is 582 g/mol. The summed E-state index contributed by atoms with van der Waals surface area (Å²) in [6, 6.07) is 31.0. The van der Waals surface area contributed by atoms with E-state index in [-0.39, 0.29) is 12.0 Å². The first-order valence-electron chi connectivity index (χ1n) is 15.9. The van der Waals surface area contributed by atoms with E-state index in [9.17, 15) is 15.3 Å². The third-order valence-electron chi connectivity index (χ3n) is 9.03. The van der Waals surface area contributed by atoms with Gasteiger partial charge in [-0.15, -0.1) is 0 Å². The van der Waals surface area contributed by atoms with Gasteiger partial charge in [0.1, 0.15) is 18.3 Å². The van der Waals surface area contributed by atoms with Gasteiger partial charge in [-0.25, -0.2) is 4.98 Å². The third kappa shape index (κ3) is 6.02. The van der Waals surface area contributed by atoms with Crippen LogP contribution in [0.5, 0.6) is 0 Å². The van der Waals surface area contributed by atoms with Crippen LogP contribution in [-0.4, -0.2) is 85.4 Å². The van der Waals surface area contributed by atoms with E-state index in [1.807, 2.05) is 54.6 Å². The number of aliphatic hydroxyl groups excluding tert-OH is 3. The highest BCUT2D eigenvalue weighted by Gasteiger charge is 2.44. The van der Waals surface area contributed by atoms with Crippen LogP contribution in [0.4, 0.5) is 17.5 Å². The first-order valence-corrected chi connectivity index (χ1v) is 15.9. The van der Waals surface area contributed by atoms with Gasteiger partial charge in [-0.2, -0.15) is 9.97 Å². The van der Waals surface area contributed by atoms with Crippen molar-refractivity contribution in [3.05, 3.63) is 108 Å². The summed E-state index contributed by atoms with van der Waals surface area (Å²) in [5.41, 5.74) is 4.41. The third-order valence-corrected chi connectivity index (χ3v) is 9.03. The first-order chi connectivity index (χ1) is 22.6. The molecule has 0 spiro atoms. The van der Waals surface area contributed by atoms with E-state index < -0.39 is 31.1 Å². The molecule has 11 nitrogen and oxygen atoms in total. The maximum atomic E-state index is 10.9. The van der Waals surface area contributed by atoms with Crippen LogP contribution in [0.2, 0.25) is 0 Å². The van der Waals surface area contributed by atoms with Crippen LogP contribution >= 0.6 is 0 Å². The molecule has 4 heterocycles. The van der Waals surface area contributed by atoms with Gasteiger partial charge in [0.05, 0.1) is 12.9 Å². The molecule has 0 bridgehead atoms. The maximum absolute atomic E-state index is 10.9. The van der Waals surface area contributed by atoms with Crippen molar-refractivity contribution in [2.24, 2.45) is 0 Å². The van der Waals surface area contributed by atoms with Crippen molar-refractivity contribution in [1.82, 2.24) is 19.5 Å². The highest BCUT2D eigenvalue weighted by molar-refractivity contribution is 5.84. The average molecular weight is 622 g/mol. The molecule has 5 N–H and O–H groups in total. The number of anilines is 3. The molecule has 2 aromatic heterocycles. The summed E-state index contributed by atoms with van der Waals surface area (Å²) in [4.78, 5) is 16.9. The minimum atomic E-state index is -1.26. The van der Waals surface area contributed by atoms with Crippen LogP contribution in [0.1, 0.15) is 36.1 Å². The monoisotopic (exact) mass is 621 g/mol. The van der Waals surface area contributed by atoms with E-state index in [2.05, 4.69) is 56.9 Å². The summed E-state index contributed by atoms with van der Waals surface area (Å²) in [7, 11) is 0. The first kappa shape index (κ1) is 30.1. The molecule has 0 radical (unpaired) electrons. The summed E-state index contributed by atoms with van der Waals surface area (Å²) in [5, 5.41) is 38.3. The molecule has 0 amide bonds. The fourth-order valence-electron chi connectivity index (χ4n) is 6.55. The topological polar surface area (TPSA) is 141 Å². The number of fused-ring (bicyclic) bond motifs is 1. The minimum absolute atomic E-state index is 0.0491. The van der Waals surface area contributed by atoms with E-state index in [1.165, 1.54) is 11.1 Å². The Labute approximate surface area is 267 Å². The number of para-hydroxylation sites is 1. The van der Waals surface area contributed by atoms with Gasteiger partial charge in [0.25, 0.3) is 0 Å². The van der Waals surface area contributed by atoms with E-state index >= 15 is 0 Å². The molecule has 2 aliphatic heterocycles. The molecule has 11 heteroatoms. The normalized spacial score (nSPS) is 23.0. The van der Waals surface area contributed by atoms with Gasteiger partial charge in [-0.3, -0.25) is 4.57 Å². The number of nitrogens with one attached hydrogen (secondary N) is 2. The van der Waals surface area contributed by atoms with E-state index in [0.717, 1.165) is 31.6 Å². The van der Waals surface area contributed by atoms with Crippen molar-refractivity contribution in [3.63, 3.8) is 0 Å². The molecule has 0 aliphatic carbocycles. The zero-order valence-corrected chi connectivity index (χ0v) is 25.4. The molecule has 7 rings (SSSR count). The van der Waals surface area contributed by atoms with Crippen LogP contribution in [0.15, 0.2) is 97.3 Å². The van der Waals surface area contributed by atoms with Crippen LogP contribution in [0.25, 0.3) is 11.2 Å². The molecule has 5 atom stereocenters. The Hall–Kier alpha value is -4.55. The number of nitrogens with zero attached hydrogens (tertiary/aromatic N) is 5. The quantitative estimate of drug-likeness (QED) is 0.148. The molecule has 0 saturated carbocycles. The van der Waals surface area contributed by atoms with Crippen molar-refractivity contribution in [2.45, 2.75) is 49.3 Å². The SMILES string of the molecule is OC[C@H]1O[C@@H](n2cnc3c(NCC(c4ccccc4)c4ccccc4)nc(N4CCC[C@H]4CNc4ccccc4)nc32)[C@H](O)[C@@H]1O. The number of aliphatic hydroxyl groups is 3. The predicted molar refractivity (Wildman–Crippen MR) is 177 cm³/mol. The number of hydrogen-bond acceptors (Lipinski definition) is 10. The Morgan fingerprint density at radius 2 is 1.52 bits per heavy atom. The number of aromatic nitrogens is 4. The number of imidazole rings is 1. The van der Waals surface area contributed by atoms with Gasteiger partial charge in [0, 0.05) is 37.3 Å². The molecule has 2 fully saturated rings. The van der Waals surface area contributed by atoms with E-state index in [0.29, 0.717) is 29.5 Å². The standard InChI is InChI=1S/C35H39N7O4/c43-21-28-30(44)31(45)34(46-28)42-22-38-29-32(37-20-27(23-11-4-1-5-12-23)24-13-6-2-7-14-24)39-35(40-33(29)42)41-18-10-17-26(41)19-36-25-15-8-3-9-16-25/h1-9,11-16,22,26-28,30-31,34,36,43-45H,10,17-21H2,(H,37,39,40)/t26-,28+,30+,31+,34+/m0/s1. The maximum Gasteiger partial charge on any atom is 0.229 e. The lowest BCUT2D eigenvalue weighted by Crippen LogP contribution is -2.36. The second-order valence-electron chi connectivity index (χ2n) is 11.9. The largest absolute Gasteiger partial charge is 0.394 e. The summed E-state index contributed by atoms with van der Waals surface area (Å²) < 4.78 is 7.52. The Kier molecular flexibility index (Phi) is 8.80. The molecule has 0 unspecified atom stereocenters. The fraction of sp³-hybridized carbons (Fsp3) is 0.343. The molecule has 2 saturated heterocycles. The molecule has 2 aliphatic rings. The lowest BCUT2D eigenvalue weighted by molar-refractivity contribution is -0.0511. The van der Waals surface area contributed by atoms with Crippen molar-refractivity contribution in [2.75, 3.05) is 41.8 Å². The molecule has 5 aromatic rings. The summed E-state index contributed by atoms with van der Waals surface area (Å²) in [6.07, 6.45) is -0.843. The lowest BCUT2D eigenvalue weighted by Gasteiger charge is -2.26. The Morgan fingerprint density at radius 3 is 2.17 bits per heavy atom. The predicted octanol–water partition coefficient (Wildman–Crippen LogP) is 3.76. The summed E-state index contributed by atoms with van der Waals surface area (Å²) in [6.45, 7) is 1.66. The molecule has 3 aromatic carbocycles. The molecular formula is C35H39N7O4. The zero-order valence-electron chi connectivity index (χ0n) is 25.4. The second-order valence-corrected chi connectivity index (χ2v) is 11.9. The molecule has 238 valence electrons. The number of rotatable bonds is 11. The van der Waals surface area contributed by atoms with Crippen LogP contribution < -0.4 is 15.5 Å². The Balaban J connectivity index is 1.25. The van der Waals surface area contributed by atoms with E-state index in [4.69, 9.17) is 14.7 Å². The smallest absolute Gasteiger partial charge is 0.229 e. The van der Waals surface area contributed by atoms with Crippen molar-refractivity contribution < 1.29 is 20.1 Å². The lowest BCUT2D eigenvalue weighted by atomic mass is 9.91. The second kappa shape index (κ2) is 13.4. The van der Waals surface area contributed by atoms with Gasteiger partial charge < -0.3 is 35.6 Å². The van der Waals surface area contributed by atoms with Crippen LogP contribution in [-0.2, 0) is 4.74 Å². The van der Waals surface area contributed by atoms with Gasteiger partial charge >= 0.3 is 0 Å². The Morgan fingerprint density at radius 1 is 0.848 bits per heavy atom. The zero-order chi connectivity index (χ0) is 31.5. The fourth-order valence-corrected chi connectivity index (χ4v) is 6.55. The van der Waals surface area contributed by atoms with Crippen LogP contribution in [0, 0.1) is 0 Å². The Bertz CT molecular complexity index is 1680. The minimum Gasteiger partial charge on any atom is -0.394 e. The van der Waals surface area contributed by atoms with Crippen molar-refractivity contribution in [3.8, 4) is 0 Å². The van der Waals surface area contributed by atoms with Gasteiger partial charge in [-0.1, -0.05) is 78.9 Å². The van der Waals surface area contributed by atoms with Gasteiger partial charge in [-0.05, 0) is 36.1 Å². The van der Waals surface area contributed by atoms with Crippen molar-refractivity contribution in [1.29, 1.82) is 0 Å². The van der Waals surface area contributed by atoms with Crippen LogP contribution in [0.3, 0.4) is 0 Å². The highest BCUT2D eigenvalue weighted by Crippen LogP contribution is 2.35. The summed E-state index contributed by atoms with van der Waals surface area (Å²) in [5.74, 6) is 1.17. The number of benzene rings is 3. The average Bonchev–Trinajstić information content (AvgIpc) is 3.83. The number of hydrogen-bond donors (Lipinski definition) is 5. The highest BCUT2D eigenvalue weighted by atomic mass is 16.6. The molecule has 46 heavy (non-hydrogen) atoms. The summed E-state index contributed by atoms with van der Waals surface area (Å²) >= 11 is 0. The van der Waals surface area contributed by atoms with Gasteiger partial charge in [0.2, 0.25) is 5.95 Å². The number of ether oxygens (including phenoxy) is 1. The van der Waals surface area contributed by atoms with Gasteiger partial charge in [0.15, 0.2) is 23.2 Å².